The van der Waals surface area contributed by atoms with E-state index < -0.39 is 25.4 Å². The van der Waals surface area contributed by atoms with E-state index in [9.17, 15) is 0 Å². The number of hydrogen-bond acceptors (Lipinski definition) is 3. The summed E-state index contributed by atoms with van der Waals surface area (Å²) in [7, 11) is -6.37. The molecule has 3 unspecified atom stereocenters. The predicted octanol–water partition coefficient (Wildman–Crippen LogP) is 6.97. The van der Waals surface area contributed by atoms with Crippen molar-refractivity contribution in [1.82, 2.24) is 0 Å². The van der Waals surface area contributed by atoms with Gasteiger partial charge in [-0.25, -0.2) is 0 Å². The Hall–Kier alpha value is 0.271. The molecule has 0 aromatic carbocycles. The summed E-state index contributed by atoms with van der Waals surface area (Å²) >= 11 is 0. The molecule has 2 aliphatic rings. The minimum atomic E-state index is -2.74. The molecule has 6 heteroatoms. The highest BCUT2D eigenvalue weighted by molar-refractivity contribution is 6.88. The van der Waals surface area contributed by atoms with Crippen molar-refractivity contribution < 1.29 is 12.7 Å². The predicted molar refractivity (Wildman–Crippen MR) is 123 cm³/mol. The number of hydrogen-bond donors (Lipinski definition) is 0. The molecule has 0 N–H and O–H groups in total. The van der Waals surface area contributed by atoms with Crippen LogP contribution in [0.4, 0.5) is 0 Å². The molecule has 2 bridgehead atoms. The third kappa shape index (κ3) is 4.72. The zero-order valence-electron chi connectivity index (χ0n) is 19.0. The maximum atomic E-state index is 7.35. The van der Waals surface area contributed by atoms with Crippen molar-refractivity contribution in [1.29, 1.82) is 0 Å². The Balaban J connectivity index is 2.48. The summed E-state index contributed by atoms with van der Waals surface area (Å²) in [6.45, 7) is 16.8. The van der Waals surface area contributed by atoms with Crippen LogP contribution < -0.4 is 0 Å². The third-order valence-electron chi connectivity index (χ3n) is 7.66. The van der Waals surface area contributed by atoms with Crippen molar-refractivity contribution in [3.8, 4) is 0 Å². The van der Waals surface area contributed by atoms with Gasteiger partial charge in [-0.3, -0.25) is 0 Å². The van der Waals surface area contributed by atoms with E-state index in [1.165, 1.54) is 49.1 Å². The minimum absolute atomic E-state index is 0.487. The van der Waals surface area contributed by atoms with Crippen molar-refractivity contribution in [2.45, 2.75) is 103 Å². The van der Waals surface area contributed by atoms with E-state index in [0.717, 1.165) is 5.92 Å². The van der Waals surface area contributed by atoms with Gasteiger partial charge in [-0.1, -0.05) is 53.7 Å². The lowest BCUT2D eigenvalue weighted by atomic mass is 10.1. The molecule has 0 heterocycles. The summed E-state index contributed by atoms with van der Waals surface area (Å²) in [5.41, 5.74) is 0.487. The van der Waals surface area contributed by atoms with Crippen LogP contribution in [0.5, 0.6) is 0 Å². The van der Waals surface area contributed by atoms with Gasteiger partial charge in [0.2, 0.25) is 0 Å². The van der Waals surface area contributed by atoms with E-state index in [0.29, 0.717) is 18.1 Å². The van der Waals surface area contributed by atoms with Crippen LogP contribution >= 0.6 is 0 Å². The highest BCUT2D eigenvalue weighted by Crippen LogP contribution is 2.54. The Bertz CT molecular complexity index is 451. The van der Waals surface area contributed by atoms with Crippen molar-refractivity contribution in [3.63, 3.8) is 0 Å². The Morgan fingerprint density at radius 1 is 0.704 bits per heavy atom. The zero-order chi connectivity index (χ0) is 20.1. The second-order valence-electron chi connectivity index (χ2n) is 8.61. The summed E-state index contributed by atoms with van der Waals surface area (Å²) in [6, 6.07) is 7.00. The van der Waals surface area contributed by atoms with Crippen LogP contribution in [0.3, 0.4) is 0 Å². The lowest BCUT2D eigenvalue weighted by molar-refractivity contribution is 0.146. The van der Waals surface area contributed by atoms with Crippen LogP contribution in [-0.2, 0) is 12.7 Å². The van der Waals surface area contributed by atoms with Gasteiger partial charge >= 0.3 is 8.80 Å². The number of rotatable bonds is 13. The smallest absolute Gasteiger partial charge is 0.415 e. The quantitative estimate of drug-likeness (QED) is 0.234. The molecule has 1 fully saturated rings. The molecule has 0 saturated heterocycles. The van der Waals surface area contributed by atoms with Gasteiger partial charge in [0, 0.05) is 12.1 Å². The molecule has 2 aliphatic carbocycles. The van der Waals surface area contributed by atoms with E-state index >= 15 is 0 Å². The average Bonchev–Trinajstić information content (AvgIpc) is 3.34. The fourth-order valence-corrected chi connectivity index (χ4v) is 20.8. The van der Waals surface area contributed by atoms with Gasteiger partial charge in [0.15, 0.2) is 16.6 Å². The maximum Gasteiger partial charge on any atom is 0.483 e. The summed E-state index contributed by atoms with van der Waals surface area (Å²) in [5, 5.41) is 0. The molecule has 2 rings (SSSR count). The number of fused-ring (bicyclic) bond motifs is 2. The fraction of sp³-hybridized carbons (Fsp3) is 0.905. The first kappa shape index (κ1) is 23.5. The zero-order valence-corrected chi connectivity index (χ0v) is 22.0. The van der Waals surface area contributed by atoms with Gasteiger partial charge in [0.1, 0.15) is 0 Å². The molecule has 158 valence electrons. The molecular formula is C21H44O3Si3. The Morgan fingerprint density at radius 3 is 1.48 bits per heavy atom. The maximum absolute atomic E-state index is 7.35. The number of allylic oxidation sites excluding steroid dienone is 2. The molecule has 0 radical (unpaired) electrons. The molecule has 3 nitrogen and oxygen atoms in total. The monoisotopic (exact) mass is 428 g/mol. The van der Waals surface area contributed by atoms with Crippen LogP contribution in [0.25, 0.3) is 0 Å². The molecule has 0 spiro atoms. The van der Waals surface area contributed by atoms with Crippen LogP contribution in [0.2, 0.25) is 41.8 Å². The molecule has 0 aromatic rings. The topological polar surface area (TPSA) is 27.7 Å². The van der Waals surface area contributed by atoms with Gasteiger partial charge < -0.3 is 12.7 Å². The molecule has 0 aromatic heterocycles. The van der Waals surface area contributed by atoms with Gasteiger partial charge in [-0.2, -0.15) is 0 Å². The standard InChI is InChI=1S/C21H44O3Si3/c1-8-22-27(23-25(9-2,10-3)11-4,24-26(12-5,13-6)14-7)21-18-19-15-16-20(21)17-19/h15-16,19-21H,8-14,17-18H2,1-7H3. The van der Waals surface area contributed by atoms with Crippen LogP contribution in [-0.4, -0.2) is 32.0 Å². The van der Waals surface area contributed by atoms with Gasteiger partial charge in [-0.15, -0.1) is 0 Å². The molecule has 1 saturated carbocycles. The summed E-state index contributed by atoms with van der Waals surface area (Å²) in [6.07, 6.45) is 7.39. The van der Waals surface area contributed by atoms with Crippen LogP contribution in [0.15, 0.2) is 12.2 Å². The van der Waals surface area contributed by atoms with Crippen molar-refractivity contribution in [2.24, 2.45) is 11.8 Å². The first-order valence-electron chi connectivity index (χ1n) is 11.6. The summed E-state index contributed by atoms with van der Waals surface area (Å²) in [4.78, 5) is 0. The van der Waals surface area contributed by atoms with Gasteiger partial charge in [-0.05, 0) is 67.9 Å². The molecule has 0 aliphatic heterocycles. The Kier molecular flexibility index (Phi) is 8.59. The first-order valence-corrected chi connectivity index (χ1v) is 18.5. The molecule has 27 heavy (non-hydrogen) atoms. The van der Waals surface area contributed by atoms with Crippen LogP contribution in [0.1, 0.15) is 61.3 Å². The van der Waals surface area contributed by atoms with Gasteiger partial charge in [0.05, 0.1) is 0 Å². The van der Waals surface area contributed by atoms with E-state index in [4.69, 9.17) is 12.7 Å². The molecule has 3 atom stereocenters. The van der Waals surface area contributed by atoms with Crippen molar-refractivity contribution >= 4 is 25.4 Å². The second kappa shape index (κ2) is 9.85. The largest absolute Gasteiger partial charge is 0.483 e. The lowest BCUT2D eigenvalue weighted by Crippen LogP contribution is -2.63. The van der Waals surface area contributed by atoms with E-state index in [1.807, 2.05) is 0 Å². The second-order valence-corrected chi connectivity index (χ2v) is 21.5. The molecule has 0 amide bonds. The average molecular weight is 429 g/mol. The Morgan fingerprint density at radius 2 is 1.19 bits per heavy atom. The minimum Gasteiger partial charge on any atom is -0.415 e. The Labute approximate surface area is 171 Å². The van der Waals surface area contributed by atoms with Crippen molar-refractivity contribution in [3.05, 3.63) is 12.2 Å². The first-order chi connectivity index (χ1) is 12.9. The fourth-order valence-electron chi connectivity index (χ4n) is 5.26. The van der Waals surface area contributed by atoms with Crippen molar-refractivity contribution in [2.75, 3.05) is 6.61 Å². The summed E-state index contributed by atoms with van der Waals surface area (Å²) in [5.74, 6) is 1.34. The lowest BCUT2D eigenvalue weighted by Gasteiger charge is -2.48. The van der Waals surface area contributed by atoms with E-state index in [-0.39, 0.29) is 0 Å². The molecular weight excluding hydrogens is 384 g/mol. The normalized spacial score (nSPS) is 25.5. The van der Waals surface area contributed by atoms with Crippen LogP contribution in [0, 0.1) is 11.8 Å². The highest BCUT2D eigenvalue weighted by atomic mass is 28.5. The highest BCUT2D eigenvalue weighted by Gasteiger charge is 2.61. The summed E-state index contributed by atoms with van der Waals surface area (Å²) < 4.78 is 21.4. The van der Waals surface area contributed by atoms with Gasteiger partial charge in [0.25, 0.3) is 0 Å². The van der Waals surface area contributed by atoms with E-state index in [2.05, 4.69) is 60.6 Å². The SMILES string of the molecule is CCO[Si](O[Si](CC)(CC)CC)(O[Si](CC)(CC)CC)C1CC2C=CC1C2. The third-order valence-corrected chi connectivity index (χ3v) is 23.4. The van der Waals surface area contributed by atoms with E-state index in [1.54, 1.807) is 0 Å².